The predicted octanol–water partition coefficient (Wildman–Crippen LogP) is 1.12. The Bertz CT molecular complexity index is 634. The minimum absolute atomic E-state index is 0.355. The van der Waals surface area contributed by atoms with Crippen molar-refractivity contribution >= 4 is 23.0 Å². The molecule has 20 heavy (non-hydrogen) atoms. The largest absolute Gasteiger partial charge is 0.389 e. The summed E-state index contributed by atoms with van der Waals surface area (Å²) in [5.74, 6) is 1.52. The molecule has 2 rings (SSSR count). The number of hydrogen-bond acceptors (Lipinski definition) is 5. The minimum atomic E-state index is 0.355. The average molecular weight is 290 g/mol. The van der Waals surface area contributed by atoms with Crippen LogP contribution in [0.2, 0.25) is 0 Å². The van der Waals surface area contributed by atoms with Crippen molar-refractivity contribution in [2.45, 2.75) is 20.3 Å². The summed E-state index contributed by atoms with van der Waals surface area (Å²) in [6, 6.07) is 1.97. The average Bonchev–Trinajstić information content (AvgIpc) is 2.73. The topological polar surface area (TPSA) is 81.6 Å². The van der Waals surface area contributed by atoms with Crippen LogP contribution >= 0.6 is 12.2 Å². The molecular weight excluding hydrogens is 272 g/mol. The van der Waals surface area contributed by atoms with Crippen molar-refractivity contribution in [1.29, 1.82) is 0 Å². The lowest BCUT2D eigenvalue weighted by atomic mass is 10.1. The summed E-state index contributed by atoms with van der Waals surface area (Å²) in [4.78, 5) is 9.00. The smallest absolute Gasteiger partial charge is 0.152 e. The normalized spacial score (nSPS) is 10.6. The maximum absolute atomic E-state index is 5.78. The number of anilines is 1. The third-order valence-corrected chi connectivity index (χ3v) is 3.08. The van der Waals surface area contributed by atoms with E-state index in [1.165, 1.54) is 0 Å². The van der Waals surface area contributed by atoms with Crippen LogP contribution in [0.25, 0.3) is 0 Å². The van der Waals surface area contributed by atoms with E-state index in [2.05, 4.69) is 20.4 Å². The van der Waals surface area contributed by atoms with E-state index in [1.807, 2.05) is 27.0 Å². The number of aromatic nitrogens is 4. The molecule has 0 radical (unpaired) electrons. The van der Waals surface area contributed by atoms with Crippen LogP contribution in [-0.4, -0.2) is 31.3 Å². The van der Waals surface area contributed by atoms with Gasteiger partial charge < -0.3 is 11.1 Å². The minimum Gasteiger partial charge on any atom is -0.389 e. The molecule has 0 fully saturated rings. The van der Waals surface area contributed by atoms with E-state index >= 15 is 0 Å². The fraction of sp³-hybridized carbons (Fsp3) is 0.385. The summed E-state index contributed by atoms with van der Waals surface area (Å²) in [5, 5.41) is 7.50. The fourth-order valence-electron chi connectivity index (χ4n) is 2.07. The van der Waals surface area contributed by atoms with Crippen molar-refractivity contribution in [1.82, 2.24) is 19.7 Å². The third-order valence-electron chi connectivity index (χ3n) is 2.88. The van der Waals surface area contributed by atoms with Gasteiger partial charge in [-0.05, 0) is 25.5 Å². The van der Waals surface area contributed by atoms with Gasteiger partial charge in [-0.3, -0.25) is 4.68 Å². The molecule has 2 heterocycles. The Kier molecular flexibility index (Phi) is 4.29. The Balaban J connectivity index is 2.10. The van der Waals surface area contributed by atoms with Crippen molar-refractivity contribution in [2.24, 2.45) is 12.8 Å². The summed E-state index contributed by atoms with van der Waals surface area (Å²) in [7, 11) is 1.85. The van der Waals surface area contributed by atoms with E-state index in [0.717, 1.165) is 28.5 Å². The van der Waals surface area contributed by atoms with E-state index in [4.69, 9.17) is 18.0 Å². The number of pyridine rings is 1. The molecule has 0 atom stereocenters. The molecule has 2 aromatic heterocycles. The Labute approximate surface area is 123 Å². The van der Waals surface area contributed by atoms with Crippen LogP contribution in [0, 0.1) is 13.8 Å². The molecule has 0 aliphatic rings. The highest BCUT2D eigenvalue weighted by atomic mass is 32.1. The van der Waals surface area contributed by atoms with Crippen LogP contribution in [0.3, 0.4) is 0 Å². The highest BCUT2D eigenvalue weighted by Gasteiger charge is 2.11. The highest BCUT2D eigenvalue weighted by molar-refractivity contribution is 7.80. The Morgan fingerprint density at radius 1 is 1.45 bits per heavy atom. The first-order valence-corrected chi connectivity index (χ1v) is 6.74. The maximum atomic E-state index is 5.78. The number of hydrogen-bond donors (Lipinski definition) is 2. The van der Waals surface area contributed by atoms with Gasteiger partial charge in [0, 0.05) is 25.7 Å². The van der Waals surface area contributed by atoms with Gasteiger partial charge in [-0.2, -0.15) is 5.10 Å². The number of rotatable bonds is 5. The van der Waals surface area contributed by atoms with Gasteiger partial charge in [0.15, 0.2) is 5.82 Å². The molecule has 0 saturated heterocycles. The van der Waals surface area contributed by atoms with E-state index < -0.39 is 0 Å². The van der Waals surface area contributed by atoms with Gasteiger partial charge in [-0.15, -0.1) is 0 Å². The van der Waals surface area contributed by atoms with Gasteiger partial charge in [0.05, 0.1) is 5.56 Å². The fourth-order valence-corrected chi connectivity index (χ4v) is 2.32. The van der Waals surface area contributed by atoms with E-state index in [9.17, 15) is 0 Å². The molecule has 7 heteroatoms. The van der Waals surface area contributed by atoms with Gasteiger partial charge in [-0.25, -0.2) is 9.97 Å². The molecular formula is C13H18N6S. The molecule has 0 spiro atoms. The third kappa shape index (κ3) is 3.30. The summed E-state index contributed by atoms with van der Waals surface area (Å²) >= 11 is 5.10. The van der Waals surface area contributed by atoms with Crippen LogP contribution in [0.1, 0.15) is 22.6 Å². The lowest BCUT2D eigenvalue weighted by Gasteiger charge is -2.13. The number of nitrogens with zero attached hydrogens (tertiary/aromatic N) is 4. The monoisotopic (exact) mass is 290 g/mol. The molecule has 0 aromatic carbocycles. The van der Waals surface area contributed by atoms with Crippen molar-refractivity contribution in [2.75, 3.05) is 11.9 Å². The molecule has 0 amide bonds. The van der Waals surface area contributed by atoms with Crippen molar-refractivity contribution in [3.63, 3.8) is 0 Å². The first-order chi connectivity index (χ1) is 9.47. The van der Waals surface area contributed by atoms with Crippen LogP contribution in [0.4, 0.5) is 5.82 Å². The summed E-state index contributed by atoms with van der Waals surface area (Å²) < 4.78 is 1.69. The highest BCUT2D eigenvalue weighted by Crippen LogP contribution is 2.18. The molecule has 0 aliphatic heterocycles. The molecule has 0 aliphatic carbocycles. The number of aryl methyl sites for hydroxylation is 3. The summed E-state index contributed by atoms with van der Waals surface area (Å²) in [5.41, 5.74) is 8.54. The Hall–Kier alpha value is -2.02. The van der Waals surface area contributed by atoms with Crippen molar-refractivity contribution in [3.05, 3.63) is 35.0 Å². The molecule has 2 aromatic rings. The number of thiocarbonyl (C=S) groups is 1. The van der Waals surface area contributed by atoms with Gasteiger partial charge in [0.1, 0.15) is 17.1 Å². The molecule has 6 nitrogen and oxygen atoms in total. The first-order valence-electron chi connectivity index (χ1n) is 6.34. The quantitative estimate of drug-likeness (QED) is 0.803. The number of nitrogens with one attached hydrogen (secondary N) is 1. The van der Waals surface area contributed by atoms with Gasteiger partial charge in [-0.1, -0.05) is 12.2 Å². The van der Waals surface area contributed by atoms with Gasteiger partial charge in [0.2, 0.25) is 0 Å². The molecule has 106 valence electrons. The van der Waals surface area contributed by atoms with Crippen molar-refractivity contribution < 1.29 is 0 Å². The summed E-state index contributed by atoms with van der Waals surface area (Å²) in [6.07, 6.45) is 2.40. The van der Waals surface area contributed by atoms with Crippen LogP contribution in [0.5, 0.6) is 0 Å². The zero-order valence-electron chi connectivity index (χ0n) is 11.8. The van der Waals surface area contributed by atoms with Gasteiger partial charge >= 0.3 is 0 Å². The second kappa shape index (κ2) is 5.96. The predicted molar refractivity (Wildman–Crippen MR) is 82.8 cm³/mol. The lowest BCUT2D eigenvalue weighted by Crippen LogP contribution is -2.18. The second-order valence-corrected chi connectivity index (χ2v) is 5.12. The van der Waals surface area contributed by atoms with Crippen LogP contribution < -0.4 is 11.1 Å². The standard InChI is InChI=1S/C13H18N6S/c1-8-6-9(2)17-13(11(8)12(14)20)15-5-4-10-16-7-19(3)18-10/h6-7H,4-5H2,1-3H3,(H2,14,20)(H,15,17). The zero-order chi connectivity index (χ0) is 14.7. The molecule has 0 saturated carbocycles. The lowest BCUT2D eigenvalue weighted by molar-refractivity contribution is 0.741. The van der Waals surface area contributed by atoms with Crippen LogP contribution in [0.15, 0.2) is 12.4 Å². The maximum Gasteiger partial charge on any atom is 0.152 e. The van der Waals surface area contributed by atoms with E-state index in [1.54, 1.807) is 11.0 Å². The van der Waals surface area contributed by atoms with E-state index in [0.29, 0.717) is 18.0 Å². The molecule has 0 unspecified atom stereocenters. The second-order valence-electron chi connectivity index (χ2n) is 4.68. The Morgan fingerprint density at radius 2 is 2.20 bits per heavy atom. The zero-order valence-corrected chi connectivity index (χ0v) is 12.7. The first kappa shape index (κ1) is 14.4. The Morgan fingerprint density at radius 3 is 2.80 bits per heavy atom. The van der Waals surface area contributed by atoms with E-state index in [-0.39, 0.29) is 0 Å². The van der Waals surface area contributed by atoms with Crippen molar-refractivity contribution in [3.8, 4) is 0 Å². The molecule has 3 N–H and O–H groups in total. The SMILES string of the molecule is Cc1cc(C)c(C(N)=S)c(NCCc2ncn(C)n2)n1. The molecule has 0 bridgehead atoms. The van der Waals surface area contributed by atoms with Crippen LogP contribution in [-0.2, 0) is 13.5 Å². The number of nitrogens with two attached hydrogens (primary N) is 1. The summed E-state index contributed by atoms with van der Waals surface area (Å²) in [6.45, 7) is 4.60. The van der Waals surface area contributed by atoms with Gasteiger partial charge in [0.25, 0.3) is 0 Å².